The second-order valence-corrected chi connectivity index (χ2v) is 4.71. The van der Waals surface area contributed by atoms with E-state index < -0.39 is 23.9 Å². The van der Waals surface area contributed by atoms with Crippen LogP contribution in [0.15, 0.2) is 0 Å². The van der Waals surface area contributed by atoms with Crippen molar-refractivity contribution in [3.63, 3.8) is 0 Å². The van der Waals surface area contributed by atoms with Crippen molar-refractivity contribution in [3.8, 4) is 0 Å². The Hall–Kier alpha value is -2.16. The molecule has 0 aliphatic heterocycles. The van der Waals surface area contributed by atoms with Gasteiger partial charge >= 0.3 is 17.9 Å². The highest BCUT2D eigenvalue weighted by Crippen LogP contribution is 2.23. The zero-order chi connectivity index (χ0) is 14.6. The van der Waals surface area contributed by atoms with Gasteiger partial charge in [-0.15, -0.1) is 0 Å². The molecule has 1 aromatic rings. The molecule has 0 fully saturated rings. The second-order valence-electron chi connectivity index (χ2n) is 3.71. The lowest BCUT2D eigenvalue weighted by molar-refractivity contribution is -0.139. The highest BCUT2D eigenvalue weighted by atomic mass is 32.1. The number of hydrogen-bond donors (Lipinski definition) is 4. The van der Waals surface area contributed by atoms with Gasteiger partial charge in [-0.2, -0.15) is 0 Å². The minimum absolute atomic E-state index is 0.0184. The Morgan fingerprint density at radius 2 is 1.95 bits per heavy atom. The van der Waals surface area contributed by atoms with Crippen LogP contribution in [0.2, 0.25) is 0 Å². The van der Waals surface area contributed by atoms with Crippen LogP contribution in [0.5, 0.6) is 0 Å². The first-order chi connectivity index (χ1) is 8.81. The second kappa shape index (κ2) is 6.14. The van der Waals surface area contributed by atoms with Gasteiger partial charge in [0.25, 0.3) is 0 Å². The first-order valence-electron chi connectivity index (χ1n) is 5.23. The SMILES string of the molecule is Cc1nc(N[C@@H](CCC(=O)O)C(=O)O)sc1C(=O)O. The van der Waals surface area contributed by atoms with E-state index in [4.69, 9.17) is 15.3 Å². The molecule has 0 aromatic carbocycles. The third-order valence-electron chi connectivity index (χ3n) is 2.23. The maximum absolute atomic E-state index is 10.9. The quantitative estimate of drug-likeness (QED) is 0.580. The summed E-state index contributed by atoms with van der Waals surface area (Å²) in [6.45, 7) is 1.50. The summed E-state index contributed by atoms with van der Waals surface area (Å²) in [7, 11) is 0. The summed E-state index contributed by atoms with van der Waals surface area (Å²) in [6.07, 6.45) is -0.425. The maximum atomic E-state index is 10.9. The van der Waals surface area contributed by atoms with Gasteiger partial charge in [-0.05, 0) is 13.3 Å². The van der Waals surface area contributed by atoms with E-state index in [1.807, 2.05) is 0 Å². The van der Waals surface area contributed by atoms with Crippen molar-refractivity contribution in [2.75, 3.05) is 5.32 Å². The van der Waals surface area contributed by atoms with Crippen LogP contribution < -0.4 is 5.32 Å². The van der Waals surface area contributed by atoms with E-state index in [9.17, 15) is 14.4 Å². The normalized spacial score (nSPS) is 11.8. The molecule has 0 amide bonds. The Balaban J connectivity index is 2.79. The summed E-state index contributed by atoms with van der Waals surface area (Å²) >= 11 is 0.815. The number of carboxylic acid groups (broad SMARTS) is 3. The number of aliphatic carboxylic acids is 2. The molecule has 0 bridgehead atoms. The Morgan fingerprint density at radius 3 is 2.37 bits per heavy atom. The number of thiazole rings is 1. The molecule has 1 atom stereocenters. The van der Waals surface area contributed by atoms with Crippen LogP contribution in [0.3, 0.4) is 0 Å². The Kier molecular flexibility index (Phi) is 4.81. The molecule has 1 aromatic heterocycles. The van der Waals surface area contributed by atoms with Gasteiger partial charge in [0.15, 0.2) is 5.13 Å². The fourth-order valence-electron chi connectivity index (χ4n) is 1.33. The number of anilines is 1. The highest BCUT2D eigenvalue weighted by Gasteiger charge is 2.21. The summed E-state index contributed by atoms with van der Waals surface area (Å²) < 4.78 is 0. The fraction of sp³-hybridized carbons (Fsp3) is 0.400. The molecule has 0 aliphatic carbocycles. The fourth-order valence-corrected chi connectivity index (χ4v) is 2.19. The summed E-state index contributed by atoms with van der Waals surface area (Å²) in [6, 6.07) is -1.12. The average Bonchev–Trinajstić information content (AvgIpc) is 2.65. The molecule has 0 radical (unpaired) electrons. The van der Waals surface area contributed by atoms with Gasteiger partial charge in [0.1, 0.15) is 10.9 Å². The molecule has 1 heterocycles. The monoisotopic (exact) mass is 288 g/mol. The standard InChI is InChI=1S/C10H12N2O6S/c1-4-7(9(17)18)19-10(11-4)12-5(8(15)16)2-3-6(13)14/h5H,2-3H2,1H3,(H,11,12)(H,13,14)(H,15,16)(H,17,18)/t5-/m0/s1. The molecule has 0 spiro atoms. The van der Waals surface area contributed by atoms with E-state index in [-0.39, 0.29) is 28.5 Å². The largest absolute Gasteiger partial charge is 0.481 e. The minimum atomic E-state index is -1.22. The van der Waals surface area contributed by atoms with Gasteiger partial charge in [-0.3, -0.25) is 4.79 Å². The lowest BCUT2D eigenvalue weighted by Crippen LogP contribution is -2.29. The smallest absolute Gasteiger partial charge is 0.347 e. The van der Waals surface area contributed by atoms with Crippen molar-refractivity contribution < 1.29 is 29.7 Å². The molecule has 1 rings (SSSR count). The van der Waals surface area contributed by atoms with E-state index in [1.54, 1.807) is 0 Å². The number of aromatic carboxylic acids is 1. The number of aryl methyl sites for hydroxylation is 1. The molecule has 0 saturated heterocycles. The lowest BCUT2D eigenvalue weighted by atomic mass is 10.1. The number of carbonyl (C=O) groups is 3. The number of rotatable bonds is 7. The number of nitrogens with zero attached hydrogens (tertiary/aromatic N) is 1. The number of aromatic nitrogens is 1. The minimum Gasteiger partial charge on any atom is -0.481 e. The van der Waals surface area contributed by atoms with E-state index in [0.29, 0.717) is 0 Å². The molecule has 8 nitrogen and oxygen atoms in total. The molecule has 19 heavy (non-hydrogen) atoms. The third kappa shape index (κ3) is 4.21. The molecule has 0 aliphatic rings. The van der Waals surface area contributed by atoms with Gasteiger partial charge in [-0.1, -0.05) is 11.3 Å². The predicted octanol–water partition coefficient (Wildman–Crippen LogP) is 0.880. The number of hydrogen-bond acceptors (Lipinski definition) is 6. The van der Waals surface area contributed by atoms with Gasteiger partial charge in [-0.25, -0.2) is 14.6 Å². The first kappa shape index (κ1) is 14.9. The molecular formula is C10H12N2O6S. The predicted molar refractivity (Wildman–Crippen MR) is 65.7 cm³/mol. The first-order valence-corrected chi connectivity index (χ1v) is 6.04. The summed E-state index contributed by atoms with van der Waals surface area (Å²) in [4.78, 5) is 36.1. The van der Waals surface area contributed by atoms with Crippen molar-refractivity contribution in [1.82, 2.24) is 4.98 Å². The average molecular weight is 288 g/mol. The van der Waals surface area contributed by atoms with Crippen molar-refractivity contribution in [1.29, 1.82) is 0 Å². The lowest BCUT2D eigenvalue weighted by Gasteiger charge is -2.11. The van der Waals surface area contributed by atoms with Gasteiger partial charge in [0.05, 0.1) is 5.69 Å². The van der Waals surface area contributed by atoms with Crippen molar-refractivity contribution in [2.24, 2.45) is 0 Å². The topological polar surface area (TPSA) is 137 Å². The molecule has 0 saturated carbocycles. The van der Waals surface area contributed by atoms with Crippen molar-refractivity contribution >= 4 is 34.4 Å². The van der Waals surface area contributed by atoms with Crippen LogP contribution in [-0.2, 0) is 9.59 Å². The van der Waals surface area contributed by atoms with Gasteiger partial charge < -0.3 is 20.6 Å². The van der Waals surface area contributed by atoms with E-state index in [2.05, 4.69) is 10.3 Å². The van der Waals surface area contributed by atoms with E-state index >= 15 is 0 Å². The third-order valence-corrected chi connectivity index (χ3v) is 3.31. The number of nitrogens with one attached hydrogen (secondary N) is 1. The summed E-state index contributed by atoms with van der Waals surface area (Å²) in [5.74, 6) is -3.46. The van der Waals surface area contributed by atoms with Crippen LogP contribution in [-0.4, -0.2) is 44.3 Å². The van der Waals surface area contributed by atoms with Crippen LogP contribution in [0.1, 0.15) is 28.2 Å². The molecule has 104 valence electrons. The molecule has 9 heteroatoms. The Labute approximate surface area is 111 Å². The van der Waals surface area contributed by atoms with Crippen LogP contribution >= 0.6 is 11.3 Å². The van der Waals surface area contributed by atoms with Gasteiger partial charge in [0.2, 0.25) is 0 Å². The van der Waals surface area contributed by atoms with Crippen molar-refractivity contribution in [2.45, 2.75) is 25.8 Å². The molecular weight excluding hydrogens is 276 g/mol. The molecule has 0 unspecified atom stereocenters. The van der Waals surface area contributed by atoms with E-state index in [1.165, 1.54) is 6.92 Å². The molecule has 4 N–H and O–H groups in total. The van der Waals surface area contributed by atoms with Gasteiger partial charge in [0, 0.05) is 6.42 Å². The Bertz CT molecular complexity index is 512. The van der Waals surface area contributed by atoms with Crippen LogP contribution in [0.4, 0.5) is 5.13 Å². The summed E-state index contributed by atoms with van der Waals surface area (Å²) in [5, 5.41) is 29.0. The highest BCUT2D eigenvalue weighted by molar-refractivity contribution is 7.17. The maximum Gasteiger partial charge on any atom is 0.347 e. The van der Waals surface area contributed by atoms with Crippen LogP contribution in [0, 0.1) is 6.92 Å². The number of carboxylic acids is 3. The zero-order valence-electron chi connectivity index (χ0n) is 9.91. The van der Waals surface area contributed by atoms with Crippen LogP contribution in [0.25, 0.3) is 0 Å². The zero-order valence-corrected chi connectivity index (χ0v) is 10.7. The summed E-state index contributed by atoms with van der Waals surface area (Å²) in [5.41, 5.74) is 0.280. The van der Waals surface area contributed by atoms with Crippen molar-refractivity contribution in [3.05, 3.63) is 10.6 Å². The van der Waals surface area contributed by atoms with E-state index in [0.717, 1.165) is 11.3 Å². The Morgan fingerprint density at radius 1 is 1.32 bits per heavy atom.